The maximum absolute atomic E-state index is 10.9. The van der Waals surface area contributed by atoms with E-state index in [0.29, 0.717) is 44.3 Å². The van der Waals surface area contributed by atoms with E-state index in [1.54, 1.807) is 6.08 Å². The molecule has 8 heteroatoms. The molecule has 0 radical (unpaired) electrons. The van der Waals surface area contributed by atoms with Crippen LogP contribution in [0.2, 0.25) is 0 Å². The van der Waals surface area contributed by atoms with E-state index in [4.69, 9.17) is 27.9 Å². The summed E-state index contributed by atoms with van der Waals surface area (Å²) in [6, 6.07) is 5.43. The molecule has 0 saturated heterocycles. The molecule has 0 bridgehead atoms. The molecule has 7 nitrogen and oxygen atoms in total. The van der Waals surface area contributed by atoms with Gasteiger partial charge in [0.2, 0.25) is 0 Å². The van der Waals surface area contributed by atoms with E-state index in [-0.39, 0.29) is 5.73 Å². The summed E-state index contributed by atoms with van der Waals surface area (Å²) in [5, 5.41) is 8.96. The van der Waals surface area contributed by atoms with Gasteiger partial charge < -0.3 is 27.9 Å². The van der Waals surface area contributed by atoms with Crippen LogP contribution in [0.3, 0.4) is 0 Å². The summed E-state index contributed by atoms with van der Waals surface area (Å²) >= 11 is 0. The first-order valence-electron chi connectivity index (χ1n) is 12.2. The molecule has 0 aliphatic heterocycles. The van der Waals surface area contributed by atoms with Gasteiger partial charge in [-0.25, -0.2) is 4.79 Å². The predicted octanol–water partition coefficient (Wildman–Crippen LogP) is 5.88. The van der Waals surface area contributed by atoms with Crippen molar-refractivity contribution in [2.75, 3.05) is 26.4 Å². The van der Waals surface area contributed by atoms with Gasteiger partial charge >= 0.3 is 14.8 Å². The normalized spacial score (nSPS) is 12.8. The van der Waals surface area contributed by atoms with E-state index in [0.717, 1.165) is 43.7 Å². The van der Waals surface area contributed by atoms with Crippen LogP contribution in [0, 0.1) is 0 Å². The smallest absolute Gasteiger partial charge is 0.490 e. The first-order chi connectivity index (χ1) is 16.0. The molecule has 0 saturated carbocycles. The van der Waals surface area contributed by atoms with E-state index < -0.39 is 14.8 Å². The summed E-state index contributed by atoms with van der Waals surface area (Å²) in [6.45, 7) is 12.0. The molecule has 0 aliphatic carbocycles. The summed E-state index contributed by atoms with van der Waals surface area (Å²) in [5.74, 6) is 0.154. The fourth-order valence-corrected chi connectivity index (χ4v) is 6.38. The molecule has 0 spiro atoms. The molecule has 0 amide bonds. The van der Waals surface area contributed by atoms with Gasteiger partial charge in [-0.1, -0.05) is 45.6 Å². The molecule has 1 aromatic rings. The Bertz CT molecular complexity index is 691. The van der Waals surface area contributed by atoms with Crippen molar-refractivity contribution in [3.63, 3.8) is 0 Å². The second-order valence-electron chi connectivity index (χ2n) is 7.58. The minimum atomic E-state index is -3.11. The lowest BCUT2D eigenvalue weighted by molar-refractivity contribution is -0.131. The molecule has 0 aliphatic rings. The molecule has 0 aromatic heterocycles. The van der Waals surface area contributed by atoms with Crippen molar-refractivity contribution < 1.29 is 32.7 Å². The molecule has 188 valence electrons. The van der Waals surface area contributed by atoms with E-state index >= 15 is 0 Å². The number of aliphatic carboxylic acids is 1. The maximum atomic E-state index is 10.9. The van der Waals surface area contributed by atoms with Crippen LogP contribution in [0.25, 0.3) is 6.08 Å². The average molecular weight is 483 g/mol. The van der Waals surface area contributed by atoms with Crippen molar-refractivity contribution in [2.24, 2.45) is 0 Å². The van der Waals surface area contributed by atoms with E-state index in [9.17, 15) is 4.79 Å². The highest BCUT2D eigenvalue weighted by molar-refractivity contribution is 6.62. The number of carboxylic acid groups (broad SMARTS) is 1. The molecule has 1 unspecified atom stereocenters. The number of unbranched alkanes of at least 4 members (excludes halogenated alkanes) is 3. The number of ether oxygens (including phenoxy) is 2. The number of carbonyl (C=O) groups is 1. The molecular weight excluding hydrogens is 440 g/mol. The molecule has 1 rings (SSSR count). The first-order valence-corrected chi connectivity index (χ1v) is 14.0. The molecule has 0 heterocycles. The minimum Gasteiger partial charge on any atom is -0.490 e. The number of hydrogen-bond acceptors (Lipinski definition) is 6. The molecule has 1 N–H and O–H groups in total. The van der Waals surface area contributed by atoms with Crippen molar-refractivity contribution in [2.45, 2.75) is 78.9 Å². The predicted molar refractivity (Wildman–Crippen MR) is 133 cm³/mol. The van der Waals surface area contributed by atoms with Crippen LogP contribution in [0.1, 0.15) is 78.7 Å². The van der Waals surface area contributed by atoms with Crippen LogP contribution in [-0.4, -0.2) is 52.0 Å². The molecule has 1 aromatic carbocycles. The van der Waals surface area contributed by atoms with Crippen molar-refractivity contribution in [1.29, 1.82) is 0 Å². The van der Waals surface area contributed by atoms with Crippen molar-refractivity contribution in [1.82, 2.24) is 0 Å². The Morgan fingerprint density at radius 1 is 0.939 bits per heavy atom. The Balaban J connectivity index is 3.25. The van der Waals surface area contributed by atoms with Crippen LogP contribution in [0.15, 0.2) is 24.3 Å². The third-order valence-corrected chi connectivity index (χ3v) is 8.16. The Kier molecular flexibility index (Phi) is 14.8. The van der Waals surface area contributed by atoms with Crippen molar-refractivity contribution in [3.05, 3.63) is 29.8 Å². The zero-order chi connectivity index (χ0) is 24.5. The fraction of sp³-hybridized carbons (Fsp3) is 0.640. The van der Waals surface area contributed by atoms with Crippen LogP contribution in [0.4, 0.5) is 0 Å². The number of benzene rings is 1. The van der Waals surface area contributed by atoms with Gasteiger partial charge in [-0.2, -0.15) is 0 Å². The van der Waals surface area contributed by atoms with Crippen LogP contribution < -0.4 is 9.47 Å². The SMILES string of the molecule is CCCCCCOc1cc(/C=C/C(=O)O)ccc1OC(CCC)[Si](OCC)(OCC)OCC. The Labute approximate surface area is 200 Å². The van der Waals surface area contributed by atoms with E-state index in [1.165, 1.54) is 0 Å². The van der Waals surface area contributed by atoms with E-state index in [2.05, 4.69) is 13.8 Å². The summed E-state index contributed by atoms with van der Waals surface area (Å²) in [4.78, 5) is 10.9. The summed E-state index contributed by atoms with van der Waals surface area (Å²) in [7, 11) is -3.11. The summed E-state index contributed by atoms with van der Waals surface area (Å²) < 4.78 is 30.9. The highest BCUT2D eigenvalue weighted by Gasteiger charge is 2.51. The van der Waals surface area contributed by atoms with Crippen molar-refractivity contribution in [3.8, 4) is 11.5 Å². The lowest BCUT2D eigenvalue weighted by Gasteiger charge is -2.35. The molecular formula is C25H42O7Si. The lowest BCUT2D eigenvalue weighted by atomic mass is 10.2. The van der Waals surface area contributed by atoms with Gasteiger partial charge in [0.1, 0.15) is 0 Å². The number of carboxylic acids is 1. The largest absolute Gasteiger partial charge is 0.543 e. The van der Waals surface area contributed by atoms with Gasteiger partial charge in [0.25, 0.3) is 0 Å². The van der Waals surface area contributed by atoms with Gasteiger partial charge in [0.05, 0.1) is 6.61 Å². The maximum Gasteiger partial charge on any atom is 0.543 e. The zero-order valence-electron chi connectivity index (χ0n) is 20.9. The third-order valence-electron chi connectivity index (χ3n) is 4.89. The van der Waals surface area contributed by atoms with Crippen LogP contribution >= 0.6 is 0 Å². The third kappa shape index (κ3) is 10.3. The molecule has 33 heavy (non-hydrogen) atoms. The van der Waals surface area contributed by atoms with Gasteiger partial charge in [-0.05, 0) is 57.4 Å². The number of rotatable bonds is 19. The molecule has 0 fully saturated rings. The highest BCUT2D eigenvalue weighted by Crippen LogP contribution is 2.33. The van der Waals surface area contributed by atoms with E-state index in [1.807, 2.05) is 39.0 Å². The monoisotopic (exact) mass is 482 g/mol. The Morgan fingerprint density at radius 2 is 1.61 bits per heavy atom. The van der Waals surface area contributed by atoms with Crippen molar-refractivity contribution >= 4 is 20.8 Å². The standard InChI is InChI=1S/C25H42O7Si/c1-6-11-12-13-19-28-23-20-21(16-18-24(26)27)15-17-22(23)32-25(14-7-2)33(29-8-3,30-9-4)31-10-5/h15-18,20,25H,6-14,19H2,1-5H3,(H,26,27)/b18-16+. The zero-order valence-corrected chi connectivity index (χ0v) is 21.9. The van der Waals surface area contributed by atoms with Crippen LogP contribution in [0.5, 0.6) is 11.5 Å². The minimum absolute atomic E-state index is 0.384. The molecule has 1 atom stereocenters. The summed E-state index contributed by atoms with van der Waals surface area (Å²) in [5.41, 5.74) is 0.341. The highest BCUT2D eigenvalue weighted by atomic mass is 28.4. The summed E-state index contributed by atoms with van der Waals surface area (Å²) in [6.07, 6.45) is 8.59. The van der Waals surface area contributed by atoms with Gasteiger partial charge in [-0.15, -0.1) is 0 Å². The van der Waals surface area contributed by atoms with Crippen LogP contribution in [-0.2, 0) is 18.1 Å². The first kappa shape index (κ1) is 29.2. The number of hydrogen-bond donors (Lipinski definition) is 1. The Morgan fingerprint density at radius 3 is 2.15 bits per heavy atom. The second-order valence-corrected chi connectivity index (χ2v) is 10.3. The van der Waals surface area contributed by atoms with Gasteiger partial charge in [0, 0.05) is 25.9 Å². The second kappa shape index (κ2) is 16.7. The fourth-order valence-electron chi connectivity index (χ4n) is 3.45. The average Bonchev–Trinajstić information content (AvgIpc) is 2.78. The lowest BCUT2D eigenvalue weighted by Crippen LogP contribution is -2.59. The Hall–Kier alpha value is -1.87. The van der Waals surface area contributed by atoms with Gasteiger partial charge in [-0.3, -0.25) is 0 Å². The van der Waals surface area contributed by atoms with Gasteiger partial charge in [0.15, 0.2) is 17.2 Å². The quantitative estimate of drug-likeness (QED) is 0.150. The topological polar surface area (TPSA) is 83.5 Å².